The molecule has 0 unspecified atom stereocenters. The number of aliphatic carboxylic acids is 1. The van der Waals surface area contributed by atoms with Gasteiger partial charge in [-0.05, 0) is 53.4 Å². The Balaban J connectivity index is 0.963. The van der Waals surface area contributed by atoms with Crippen LogP contribution in [0, 0.1) is 0 Å². The highest BCUT2D eigenvalue weighted by molar-refractivity contribution is 5.97. The molecule has 50 heavy (non-hydrogen) atoms. The summed E-state index contributed by atoms with van der Waals surface area (Å²) < 4.78 is 11.1. The predicted molar refractivity (Wildman–Crippen MR) is 176 cm³/mol. The summed E-state index contributed by atoms with van der Waals surface area (Å²) >= 11 is 0. The molecule has 6 aromatic rings. The van der Waals surface area contributed by atoms with Gasteiger partial charge in [-0.1, -0.05) is 12.1 Å². The van der Waals surface area contributed by atoms with Crippen molar-refractivity contribution in [2.24, 2.45) is 0 Å². The molecule has 0 spiro atoms. The number of aromatic nitrogens is 8. The minimum absolute atomic E-state index is 0.0486. The molecule has 0 aliphatic carbocycles. The van der Waals surface area contributed by atoms with Crippen LogP contribution >= 0.6 is 0 Å². The number of carbonyl (C=O) groups is 3. The SMILES string of the molecule is Nc1nc2ncc(CNc3ccc(C(=O)N[C@@H](CCC(=O)Oc4ccc(COc5[nH+]c(N)nc6nc[nH]c56)cc4)C(=O)O)cc3)nc2c(=O)[nH]1. The Bertz CT molecular complexity index is 2260. The molecule has 10 N–H and O–H groups in total. The van der Waals surface area contributed by atoms with Crippen LogP contribution in [0.2, 0.25) is 0 Å². The quantitative estimate of drug-likeness (QED) is 0.0653. The number of carboxylic acid groups (broad SMARTS) is 1. The number of benzene rings is 2. The molecule has 6 rings (SSSR count). The maximum atomic E-state index is 12.8. The average molecular weight is 682 g/mol. The third-order valence-corrected chi connectivity index (χ3v) is 7.20. The number of carboxylic acids is 1. The van der Waals surface area contributed by atoms with Crippen molar-refractivity contribution in [3.05, 3.63) is 88.2 Å². The topological polar surface area (TPSA) is 293 Å². The van der Waals surface area contributed by atoms with Crippen LogP contribution in [0.1, 0.15) is 34.5 Å². The van der Waals surface area contributed by atoms with Gasteiger partial charge in [-0.3, -0.25) is 25.1 Å². The van der Waals surface area contributed by atoms with Crippen molar-refractivity contribution in [2.75, 3.05) is 16.8 Å². The fourth-order valence-corrected chi connectivity index (χ4v) is 4.71. The molecular weight excluding hydrogens is 652 g/mol. The van der Waals surface area contributed by atoms with Crippen molar-refractivity contribution in [1.82, 2.24) is 40.2 Å². The van der Waals surface area contributed by atoms with E-state index in [1.807, 2.05) is 0 Å². The summed E-state index contributed by atoms with van der Waals surface area (Å²) in [5.41, 5.74) is 14.0. The Morgan fingerprint density at radius 2 is 1.76 bits per heavy atom. The van der Waals surface area contributed by atoms with E-state index in [0.717, 1.165) is 5.56 Å². The number of hydrogen-bond donors (Lipinski definition) is 7. The highest BCUT2D eigenvalue weighted by atomic mass is 16.5. The molecule has 1 amide bonds. The van der Waals surface area contributed by atoms with Crippen LogP contribution in [-0.2, 0) is 22.7 Å². The lowest BCUT2D eigenvalue weighted by Gasteiger charge is -2.15. The average Bonchev–Trinajstić information content (AvgIpc) is 3.57. The second-order valence-electron chi connectivity index (χ2n) is 10.8. The molecule has 19 nitrogen and oxygen atoms in total. The number of nitrogens with two attached hydrogens (primary N) is 2. The van der Waals surface area contributed by atoms with Gasteiger partial charge in [0.15, 0.2) is 16.7 Å². The second kappa shape index (κ2) is 14.3. The van der Waals surface area contributed by atoms with E-state index >= 15 is 0 Å². The van der Waals surface area contributed by atoms with Gasteiger partial charge in [-0.15, -0.1) is 0 Å². The first-order valence-electron chi connectivity index (χ1n) is 14.9. The first kappa shape index (κ1) is 32.7. The third-order valence-electron chi connectivity index (χ3n) is 7.20. The Hall–Kier alpha value is -7.18. The zero-order valence-corrected chi connectivity index (χ0v) is 26.0. The maximum absolute atomic E-state index is 12.8. The summed E-state index contributed by atoms with van der Waals surface area (Å²) in [5.74, 6) is -1.91. The molecule has 0 radical (unpaired) electrons. The third kappa shape index (κ3) is 7.85. The van der Waals surface area contributed by atoms with E-state index < -0.39 is 29.4 Å². The summed E-state index contributed by atoms with van der Waals surface area (Å²) in [7, 11) is 0. The molecule has 0 aliphatic rings. The Morgan fingerprint density at radius 1 is 0.980 bits per heavy atom. The van der Waals surface area contributed by atoms with Crippen molar-refractivity contribution in [3.8, 4) is 11.6 Å². The van der Waals surface area contributed by atoms with Gasteiger partial charge in [-0.2, -0.15) is 4.98 Å². The van der Waals surface area contributed by atoms with Crippen molar-refractivity contribution in [2.45, 2.75) is 32.0 Å². The number of H-pyrrole nitrogens is 3. The fraction of sp³-hybridized carbons (Fsp3) is 0.161. The summed E-state index contributed by atoms with van der Waals surface area (Å²) in [6.45, 7) is 0.380. The number of hydrogen-bond acceptors (Lipinski definition) is 14. The number of rotatable bonds is 13. The number of ether oxygens (including phenoxy) is 2. The van der Waals surface area contributed by atoms with Crippen LogP contribution in [0.3, 0.4) is 0 Å². The minimum Gasteiger partial charge on any atom is -0.480 e. The largest absolute Gasteiger partial charge is 0.480 e. The van der Waals surface area contributed by atoms with E-state index in [4.69, 9.17) is 20.9 Å². The molecule has 1 atom stereocenters. The zero-order valence-electron chi connectivity index (χ0n) is 26.0. The number of carbonyl (C=O) groups excluding carboxylic acids is 2. The first-order valence-corrected chi connectivity index (χ1v) is 14.9. The van der Waals surface area contributed by atoms with Crippen LogP contribution in [0.5, 0.6) is 11.6 Å². The van der Waals surface area contributed by atoms with Crippen molar-refractivity contribution >= 4 is 57.8 Å². The number of nitrogens with one attached hydrogen (secondary N) is 5. The van der Waals surface area contributed by atoms with Gasteiger partial charge in [-0.25, -0.2) is 24.7 Å². The molecule has 0 saturated carbocycles. The summed E-state index contributed by atoms with van der Waals surface area (Å²) in [5, 5.41) is 15.2. The van der Waals surface area contributed by atoms with Gasteiger partial charge in [0.2, 0.25) is 5.95 Å². The number of aromatic amines is 3. The summed E-state index contributed by atoms with van der Waals surface area (Å²) in [6.07, 6.45) is 2.46. The van der Waals surface area contributed by atoms with Crippen LogP contribution < -0.4 is 42.1 Å². The molecule has 0 aliphatic heterocycles. The van der Waals surface area contributed by atoms with Gasteiger partial charge in [0.05, 0.1) is 24.8 Å². The smallest absolute Gasteiger partial charge is 0.392 e. The fourth-order valence-electron chi connectivity index (χ4n) is 4.71. The number of imidazole rings is 1. The summed E-state index contributed by atoms with van der Waals surface area (Å²) in [4.78, 5) is 77.8. The summed E-state index contributed by atoms with van der Waals surface area (Å²) in [6, 6.07) is 11.5. The van der Waals surface area contributed by atoms with Crippen LogP contribution in [0.25, 0.3) is 22.3 Å². The second-order valence-corrected chi connectivity index (χ2v) is 10.8. The monoisotopic (exact) mass is 681 g/mol. The molecule has 4 heterocycles. The van der Waals surface area contributed by atoms with Gasteiger partial charge < -0.3 is 35.9 Å². The van der Waals surface area contributed by atoms with Gasteiger partial charge >= 0.3 is 17.9 Å². The highest BCUT2D eigenvalue weighted by Gasteiger charge is 2.22. The Kier molecular flexibility index (Phi) is 9.36. The Morgan fingerprint density at radius 3 is 2.52 bits per heavy atom. The maximum Gasteiger partial charge on any atom is 0.392 e. The van der Waals surface area contributed by atoms with E-state index in [9.17, 15) is 24.3 Å². The van der Waals surface area contributed by atoms with E-state index in [-0.39, 0.29) is 60.4 Å². The molecule has 0 saturated heterocycles. The van der Waals surface area contributed by atoms with E-state index in [1.165, 1.54) is 24.7 Å². The predicted octanol–water partition coefficient (Wildman–Crippen LogP) is 0.723. The lowest BCUT2D eigenvalue weighted by atomic mass is 10.1. The number of nitrogen functional groups attached to an aromatic ring is 2. The van der Waals surface area contributed by atoms with Crippen molar-refractivity contribution < 1.29 is 33.9 Å². The van der Waals surface area contributed by atoms with Crippen molar-refractivity contribution in [1.29, 1.82) is 0 Å². The normalized spacial score (nSPS) is 11.6. The van der Waals surface area contributed by atoms with Gasteiger partial charge in [0.25, 0.3) is 23.0 Å². The Labute approximate surface area is 280 Å². The molecular formula is C31H29N12O7+. The zero-order chi connectivity index (χ0) is 35.2. The molecule has 4 aromatic heterocycles. The van der Waals surface area contributed by atoms with E-state index in [2.05, 4.69) is 50.5 Å². The number of nitrogens with zero attached hydrogens (tertiary/aromatic N) is 5. The van der Waals surface area contributed by atoms with Crippen LogP contribution in [0.15, 0.2) is 65.8 Å². The number of amides is 1. The molecule has 19 heteroatoms. The lowest BCUT2D eigenvalue weighted by molar-refractivity contribution is -0.380. The van der Waals surface area contributed by atoms with E-state index in [0.29, 0.717) is 28.4 Å². The molecule has 254 valence electrons. The number of esters is 1. The van der Waals surface area contributed by atoms with Gasteiger partial charge in [0.1, 0.15) is 18.4 Å². The minimum atomic E-state index is -1.34. The highest BCUT2D eigenvalue weighted by Crippen LogP contribution is 2.19. The molecule has 0 bridgehead atoms. The lowest BCUT2D eigenvalue weighted by Crippen LogP contribution is -2.41. The van der Waals surface area contributed by atoms with Gasteiger partial charge in [0, 0.05) is 17.7 Å². The molecule has 0 fully saturated rings. The standard InChI is InChI=1S/C31H28N12O7/c32-30-40-24-22(27(46)42-30)38-18(12-35-24)11-34-17-5-3-16(4-6-17)26(45)39-20(29(47)48)9-10-21(44)50-19-7-1-15(2-8-19)13-49-28-23-25(37-14-36-23)41-31(33)43-28/h1-8,12,14,20,34H,9-11,13H2,(H,39,45)(H,47,48)(H3,32,35,40,42,46)(H3,33,36,37,41,43)/p+1/t20-/m0/s1. The van der Waals surface area contributed by atoms with Crippen molar-refractivity contribution in [3.63, 3.8) is 0 Å². The first-order chi connectivity index (χ1) is 24.1. The number of fused-ring (bicyclic) bond motifs is 2. The van der Waals surface area contributed by atoms with E-state index in [1.54, 1.807) is 36.4 Å². The van der Waals surface area contributed by atoms with Crippen LogP contribution in [0.4, 0.5) is 17.6 Å². The molecule has 2 aromatic carbocycles. The number of anilines is 3. The van der Waals surface area contributed by atoms with Crippen LogP contribution in [-0.4, -0.2) is 63.9 Å².